The van der Waals surface area contributed by atoms with Gasteiger partial charge in [0.05, 0.1) is 5.52 Å². The summed E-state index contributed by atoms with van der Waals surface area (Å²) >= 11 is 0. The fourth-order valence-corrected chi connectivity index (χ4v) is 4.85. The van der Waals surface area contributed by atoms with Gasteiger partial charge in [0.15, 0.2) is 0 Å². The number of hydrogen-bond acceptors (Lipinski definition) is 6. The first-order valence-electron chi connectivity index (χ1n) is 6.82. The average Bonchev–Trinajstić information content (AvgIpc) is 2.45. The number of pyridine rings is 1. The zero-order valence-corrected chi connectivity index (χ0v) is 14.4. The quantitative estimate of drug-likeness (QED) is 0.762. The fourth-order valence-electron chi connectivity index (χ4n) is 2.86. The molecule has 2 N–H and O–H groups in total. The van der Waals surface area contributed by atoms with Crippen LogP contribution in [0, 0.1) is 6.92 Å². The van der Waals surface area contributed by atoms with Gasteiger partial charge in [-0.2, -0.15) is 16.8 Å². The van der Waals surface area contributed by atoms with Gasteiger partial charge in [0, 0.05) is 30.2 Å². The summed E-state index contributed by atoms with van der Waals surface area (Å²) in [5, 5.41) is -0.709. The van der Waals surface area contributed by atoms with Gasteiger partial charge >= 0.3 is 10.1 Å². The van der Waals surface area contributed by atoms with Gasteiger partial charge in [-0.3, -0.25) is 9.11 Å². The first kappa shape index (κ1) is 16.8. The van der Waals surface area contributed by atoms with Gasteiger partial charge in [0.2, 0.25) is 5.03 Å². The molecule has 8 nitrogen and oxygen atoms in total. The van der Waals surface area contributed by atoms with E-state index in [1.165, 1.54) is 6.92 Å². The molecule has 0 saturated heterocycles. The molecule has 0 amide bonds. The summed E-state index contributed by atoms with van der Waals surface area (Å²) in [7, 11) is -8.01. The Balaban J connectivity index is 2.57. The van der Waals surface area contributed by atoms with Crippen molar-refractivity contribution in [2.24, 2.45) is 0 Å². The third-order valence-electron chi connectivity index (χ3n) is 3.92. The van der Waals surface area contributed by atoms with Crippen LogP contribution in [0.25, 0.3) is 17.0 Å². The van der Waals surface area contributed by atoms with Crippen LogP contribution in [0.15, 0.2) is 28.1 Å². The summed E-state index contributed by atoms with van der Waals surface area (Å²) in [5.41, 5.74) is 1.63. The highest BCUT2D eigenvalue weighted by Gasteiger charge is 2.30. The van der Waals surface area contributed by atoms with E-state index in [2.05, 4.69) is 4.98 Å². The second-order valence-corrected chi connectivity index (χ2v) is 8.19. The van der Waals surface area contributed by atoms with Gasteiger partial charge in [0.25, 0.3) is 10.1 Å². The third kappa shape index (κ3) is 2.57. The number of aryl methyl sites for hydroxylation is 1. The summed E-state index contributed by atoms with van der Waals surface area (Å²) in [6.07, 6.45) is 3.60. The van der Waals surface area contributed by atoms with E-state index in [1.807, 2.05) is 18.0 Å². The second kappa shape index (κ2) is 5.24. The van der Waals surface area contributed by atoms with E-state index in [4.69, 9.17) is 0 Å². The maximum Gasteiger partial charge on any atom is 0.313 e. The number of hydrogen-bond donors (Lipinski definition) is 2. The van der Waals surface area contributed by atoms with Crippen molar-refractivity contribution in [3.8, 4) is 0 Å². The molecular weight excluding hydrogens is 356 g/mol. The van der Waals surface area contributed by atoms with Gasteiger partial charge in [-0.25, -0.2) is 4.98 Å². The van der Waals surface area contributed by atoms with Gasteiger partial charge < -0.3 is 4.90 Å². The lowest BCUT2D eigenvalue weighted by Gasteiger charge is -2.25. The molecule has 0 spiro atoms. The van der Waals surface area contributed by atoms with Gasteiger partial charge in [-0.05, 0) is 18.6 Å². The smallest absolute Gasteiger partial charge is 0.313 e. The number of fused-ring (bicyclic) bond motifs is 3. The van der Waals surface area contributed by atoms with Crippen LogP contribution in [0.1, 0.15) is 11.1 Å². The van der Waals surface area contributed by atoms with Crippen LogP contribution in [0.3, 0.4) is 0 Å². The molecule has 0 saturated carbocycles. The van der Waals surface area contributed by atoms with E-state index >= 15 is 0 Å². The Morgan fingerprint density at radius 2 is 1.79 bits per heavy atom. The number of benzene rings is 1. The van der Waals surface area contributed by atoms with E-state index < -0.39 is 30.2 Å². The van der Waals surface area contributed by atoms with Gasteiger partial charge in [0.1, 0.15) is 4.90 Å². The summed E-state index contributed by atoms with van der Waals surface area (Å²) in [6, 6.07) is 3.37. The monoisotopic (exact) mass is 370 g/mol. The lowest BCUT2D eigenvalue weighted by molar-refractivity contribution is 0.462. The summed E-state index contributed by atoms with van der Waals surface area (Å²) in [4.78, 5) is 4.87. The van der Waals surface area contributed by atoms with Gasteiger partial charge in [-0.15, -0.1) is 0 Å². The summed E-state index contributed by atoms with van der Waals surface area (Å²) in [5.74, 6) is 0. The molecule has 0 atom stereocenters. The molecule has 0 bridgehead atoms. The maximum absolute atomic E-state index is 11.6. The minimum Gasteiger partial charge on any atom is -0.370 e. The largest absolute Gasteiger partial charge is 0.370 e. The molecule has 1 aromatic heterocycles. The van der Waals surface area contributed by atoms with Crippen molar-refractivity contribution in [1.82, 2.24) is 4.98 Å². The van der Waals surface area contributed by atoms with Crippen LogP contribution < -0.4 is 4.90 Å². The Labute approximate surface area is 138 Å². The van der Waals surface area contributed by atoms with Gasteiger partial charge in [-0.1, -0.05) is 18.2 Å². The van der Waals surface area contributed by atoms with E-state index in [-0.39, 0.29) is 11.1 Å². The van der Waals surface area contributed by atoms with E-state index in [0.717, 1.165) is 5.69 Å². The number of nitrogens with zero attached hydrogens (tertiary/aromatic N) is 2. The zero-order valence-electron chi connectivity index (χ0n) is 12.8. The maximum atomic E-state index is 11.6. The van der Waals surface area contributed by atoms with Crippen LogP contribution in [0.4, 0.5) is 5.69 Å². The molecule has 24 heavy (non-hydrogen) atoms. The van der Waals surface area contributed by atoms with E-state index in [1.54, 1.807) is 18.2 Å². The second-order valence-electron chi connectivity index (χ2n) is 5.50. The van der Waals surface area contributed by atoms with Crippen molar-refractivity contribution >= 4 is 42.9 Å². The van der Waals surface area contributed by atoms with Crippen molar-refractivity contribution in [2.75, 3.05) is 18.5 Å². The lowest BCUT2D eigenvalue weighted by Crippen LogP contribution is -2.21. The van der Waals surface area contributed by atoms with Crippen molar-refractivity contribution in [3.63, 3.8) is 0 Å². The topological polar surface area (TPSA) is 125 Å². The van der Waals surface area contributed by atoms with Crippen LogP contribution in [0.2, 0.25) is 0 Å². The average molecular weight is 370 g/mol. The third-order valence-corrected chi connectivity index (χ3v) is 5.85. The molecule has 0 aliphatic carbocycles. The molecule has 0 unspecified atom stereocenters. The van der Waals surface area contributed by atoms with Crippen LogP contribution in [-0.2, 0) is 20.2 Å². The lowest BCUT2D eigenvalue weighted by atomic mass is 10.0. The van der Waals surface area contributed by atoms with Crippen LogP contribution in [0.5, 0.6) is 0 Å². The predicted octanol–water partition coefficient (Wildman–Crippen LogP) is 1.50. The first-order valence-corrected chi connectivity index (χ1v) is 9.70. The van der Waals surface area contributed by atoms with Crippen LogP contribution >= 0.6 is 0 Å². The molecule has 0 fully saturated rings. The predicted molar refractivity (Wildman–Crippen MR) is 88.4 cm³/mol. The molecule has 128 valence electrons. The zero-order chi connectivity index (χ0) is 17.9. The van der Waals surface area contributed by atoms with Crippen molar-refractivity contribution in [1.29, 1.82) is 0 Å². The standard InChI is InChI=1S/C14H14N2O6S2/c1-8-9-5-6-11-10(4-3-7-16(11)2)12(9)15-14(24(20,21)22)13(8)23(17,18)19/h3-6H,7H2,1-2H3,(H,17,18,19)(H,20,21,22). The normalized spacial score (nSPS) is 14.9. The Hall–Kier alpha value is -2.01. The Bertz CT molecular complexity index is 1100. The van der Waals surface area contributed by atoms with E-state index in [9.17, 15) is 25.9 Å². The van der Waals surface area contributed by atoms with Crippen molar-refractivity contribution < 1.29 is 25.9 Å². The summed E-state index contributed by atoms with van der Waals surface area (Å²) < 4.78 is 65.2. The fraction of sp³-hybridized carbons (Fsp3) is 0.214. The molecule has 0 radical (unpaired) electrons. The molecule has 3 rings (SSSR count). The highest BCUT2D eigenvalue weighted by molar-refractivity contribution is 7.89. The number of anilines is 1. The number of likely N-dealkylation sites (N-methyl/N-ethyl adjacent to an activating group) is 1. The minimum atomic E-state index is -4.96. The van der Waals surface area contributed by atoms with E-state index in [0.29, 0.717) is 17.5 Å². The number of rotatable bonds is 2. The molecule has 1 aliphatic rings. The molecule has 2 heterocycles. The highest BCUT2D eigenvalue weighted by atomic mass is 32.2. The molecule has 1 aromatic carbocycles. The molecular formula is C14H14N2O6S2. The molecule has 10 heteroatoms. The van der Waals surface area contributed by atoms with Crippen LogP contribution in [-0.4, -0.2) is 44.5 Å². The number of aromatic nitrogens is 1. The van der Waals surface area contributed by atoms with Crippen molar-refractivity contribution in [2.45, 2.75) is 16.8 Å². The summed E-state index contributed by atoms with van der Waals surface area (Å²) in [6.45, 7) is 2.01. The highest BCUT2D eigenvalue weighted by Crippen LogP contribution is 2.36. The van der Waals surface area contributed by atoms with Crippen molar-refractivity contribution in [3.05, 3.63) is 29.3 Å². The Morgan fingerprint density at radius 3 is 2.38 bits per heavy atom. The Kier molecular flexibility index (Phi) is 3.68. The molecule has 1 aliphatic heterocycles. The Morgan fingerprint density at radius 1 is 1.12 bits per heavy atom. The molecule has 2 aromatic rings. The SMILES string of the molecule is Cc1c(S(=O)(=O)O)c(S(=O)(=O)O)nc2c3c(ccc12)N(C)CC=C3. The minimum absolute atomic E-state index is 0.000415. The first-order chi connectivity index (χ1) is 11.0.